The minimum absolute atomic E-state index is 0.237. The first kappa shape index (κ1) is 15.7. The lowest BCUT2D eigenvalue weighted by atomic mass is 9.78. The highest BCUT2D eigenvalue weighted by Gasteiger charge is 2.56. The van der Waals surface area contributed by atoms with Crippen LogP contribution in [0, 0.1) is 0 Å². The van der Waals surface area contributed by atoms with Gasteiger partial charge in [-0.2, -0.15) is 5.10 Å². The third-order valence-corrected chi connectivity index (χ3v) is 5.26. The largest absolute Gasteiger partial charge is 0.493 e. The molecule has 0 aliphatic carbocycles. The highest BCUT2D eigenvalue weighted by Crippen LogP contribution is 2.55. The molecule has 0 spiro atoms. The molecule has 0 saturated heterocycles. The normalized spacial score (nSPS) is 22.0. The van der Waals surface area contributed by atoms with Gasteiger partial charge in [0, 0.05) is 17.5 Å². The number of aliphatic carboxylic acids is 1. The van der Waals surface area contributed by atoms with E-state index in [2.05, 4.69) is 15.5 Å². The molecule has 3 heterocycles. The number of anilines is 1. The van der Waals surface area contributed by atoms with Crippen LogP contribution in [-0.2, 0) is 10.4 Å². The number of methoxy groups -OCH3 is 1. The molecule has 5 rings (SSSR count). The summed E-state index contributed by atoms with van der Waals surface area (Å²) in [6, 6.07) is 14.8. The zero-order valence-electron chi connectivity index (χ0n) is 14.5. The lowest BCUT2D eigenvalue weighted by Gasteiger charge is -2.43. The van der Waals surface area contributed by atoms with E-state index in [4.69, 9.17) is 9.47 Å². The van der Waals surface area contributed by atoms with Crippen LogP contribution < -0.4 is 14.8 Å². The van der Waals surface area contributed by atoms with Crippen molar-refractivity contribution in [3.8, 4) is 22.8 Å². The summed E-state index contributed by atoms with van der Waals surface area (Å²) in [7, 11) is 1.54. The van der Waals surface area contributed by atoms with Crippen LogP contribution in [0.1, 0.15) is 23.6 Å². The molecular formula is C20H17N3O4. The molecule has 3 aromatic rings. The van der Waals surface area contributed by atoms with Gasteiger partial charge in [0.15, 0.2) is 17.3 Å². The molecule has 2 aliphatic rings. The monoisotopic (exact) mass is 363 g/mol. The third-order valence-electron chi connectivity index (χ3n) is 5.26. The van der Waals surface area contributed by atoms with Crippen LogP contribution in [0.25, 0.3) is 11.3 Å². The van der Waals surface area contributed by atoms with Crippen molar-refractivity contribution in [2.45, 2.75) is 18.1 Å². The molecule has 2 aliphatic heterocycles. The number of carboxylic acid groups (broad SMARTS) is 1. The van der Waals surface area contributed by atoms with Crippen LogP contribution in [0.2, 0.25) is 0 Å². The van der Waals surface area contributed by atoms with E-state index in [0.29, 0.717) is 28.6 Å². The van der Waals surface area contributed by atoms with Crippen molar-refractivity contribution < 1.29 is 19.4 Å². The quantitative estimate of drug-likeness (QED) is 0.661. The van der Waals surface area contributed by atoms with Crippen LogP contribution in [0.15, 0.2) is 48.5 Å². The predicted molar refractivity (Wildman–Crippen MR) is 97.9 cm³/mol. The predicted octanol–water partition coefficient (Wildman–Crippen LogP) is 3.31. The number of carboxylic acids is 1. The summed E-state index contributed by atoms with van der Waals surface area (Å²) >= 11 is 0. The lowest BCUT2D eigenvalue weighted by Crippen LogP contribution is -2.50. The maximum Gasteiger partial charge on any atom is 0.353 e. The van der Waals surface area contributed by atoms with E-state index >= 15 is 0 Å². The molecule has 1 aromatic heterocycles. The summed E-state index contributed by atoms with van der Waals surface area (Å²) in [5, 5.41) is 20.9. The Morgan fingerprint density at radius 1 is 1.26 bits per heavy atom. The number of nitrogens with zero attached hydrogens (tertiary/aromatic N) is 1. The number of nitrogens with one attached hydrogen (secondary N) is 2. The smallest absolute Gasteiger partial charge is 0.353 e. The van der Waals surface area contributed by atoms with E-state index in [0.717, 1.165) is 11.1 Å². The number of fused-ring (bicyclic) bond motifs is 6. The van der Waals surface area contributed by atoms with Gasteiger partial charge in [-0.1, -0.05) is 42.5 Å². The number of carbonyl (C=O) groups is 1. The second-order valence-corrected chi connectivity index (χ2v) is 6.70. The molecule has 27 heavy (non-hydrogen) atoms. The van der Waals surface area contributed by atoms with E-state index in [1.54, 1.807) is 13.2 Å². The maximum absolute atomic E-state index is 12.5. The molecule has 2 aromatic carbocycles. The van der Waals surface area contributed by atoms with Crippen molar-refractivity contribution in [2.24, 2.45) is 0 Å². The van der Waals surface area contributed by atoms with Gasteiger partial charge in [-0.25, -0.2) is 4.79 Å². The minimum Gasteiger partial charge on any atom is -0.493 e. The number of ether oxygens (including phenoxy) is 2. The average Bonchev–Trinajstić information content (AvgIpc) is 3.13. The lowest BCUT2D eigenvalue weighted by molar-refractivity contribution is -0.159. The maximum atomic E-state index is 12.5. The van der Waals surface area contributed by atoms with Gasteiger partial charge in [0.1, 0.15) is 0 Å². The van der Waals surface area contributed by atoms with E-state index < -0.39 is 11.6 Å². The first-order chi connectivity index (χ1) is 13.1. The van der Waals surface area contributed by atoms with Crippen molar-refractivity contribution in [1.29, 1.82) is 0 Å². The molecular weight excluding hydrogens is 346 g/mol. The van der Waals surface area contributed by atoms with Gasteiger partial charge in [-0.3, -0.25) is 5.10 Å². The Hall–Kier alpha value is -3.48. The van der Waals surface area contributed by atoms with E-state index in [-0.39, 0.29) is 12.5 Å². The first-order valence-electron chi connectivity index (χ1n) is 8.64. The van der Waals surface area contributed by atoms with Gasteiger partial charge in [0.2, 0.25) is 5.60 Å². The highest BCUT2D eigenvalue weighted by molar-refractivity contribution is 5.89. The molecule has 0 saturated carbocycles. The summed E-state index contributed by atoms with van der Waals surface area (Å²) in [4.78, 5) is 12.5. The fourth-order valence-electron chi connectivity index (χ4n) is 4.03. The minimum atomic E-state index is -1.55. The summed E-state index contributed by atoms with van der Waals surface area (Å²) in [5.74, 6) is 0.418. The SMILES string of the molecule is COc1cccc2c1OC1(C(=O)O)CC2Nc2n[nH]c(-c3ccccc3)c21. The number of aromatic nitrogens is 2. The number of hydrogen-bond acceptors (Lipinski definition) is 5. The van der Waals surface area contributed by atoms with Crippen LogP contribution in [-0.4, -0.2) is 28.4 Å². The van der Waals surface area contributed by atoms with Crippen LogP contribution in [0.5, 0.6) is 11.5 Å². The molecule has 0 radical (unpaired) electrons. The molecule has 2 unspecified atom stereocenters. The van der Waals surface area contributed by atoms with Crippen LogP contribution >= 0.6 is 0 Å². The second kappa shape index (κ2) is 5.51. The van der Waals surface area contributed by atoms with Crippen molar-refractivity contribution in [1.82, 2.24) is 10.2 Å². The summed E-state index contributed by atoms with van der Waals surface area (Å²) in [6.45, 7) is 0. The Morgan fingerprint density at radius 3 is 2.81 bits per heavy atom. The first-order valence-corrected chi connectivity index (χ1v) is 8.64. The van der Waals surface area contributed by atoms with E-state index in [9.17, 15) is 9.90 Å². The van der Waals surface area contributed by atoms with Gasteiger partial charge in [-0.05, 0) is 6.07 Å². The van der Waals surface area contributed by atoms with Gasteiger partial charge >= 0.3 is 5.97 Å². The standard InChI is InChI=1S/C20H17N3O4/c1-26-14-9-5-8-12-13-10-20(19(24)25,27-17(12)14)15-16(22-23-18(15)21-13)11-6-3-2-4-7-11/h2-9,13H,10H2,1H3,(H,24,25)(H2,21,22,23). The fourth-order valence-corrected chi connectivity index (χ4v) is 4.03. The molecule has 2 atom stereocenters. The number of benzene rings is 2. The van der Waals surface area contributed by atoms with Crippen molar-refractivity contribution in [2.75, 3.05) is 12.4 Å². The number of H-pyrrole nitrogens is 1. The van der Waals surface area contributed by atoms with Crippen molar-refractivity contribution in [3.05, 3.63) is 59.7 Å². The number of para-hydroxylation sites is 1. The number of hydrogen-bond donors (Lipinski definition) is 3. The van der Waals surface area contributed by atoms with Crippen LogP contribution in [0.3, 0.4) is 0 Å². The Balaban J connectivity index is 1.75. The molecule has 7 heteroatoms. The van der Waals surface area contributed by atoms with Gasteiger partial charge in [-0.15, -0.1) is 0 Å². The van der Waals surface area contributed by atoms with Crippen molar-refractivity contribution in [3.63, 3.8) is 0 Å². The number of aromatic amines is 1. The Bertz CT molecular complexity index is 1050. The molecule has 136 valence electrons. The van der Waals surface area contributed by atoms with Crippen molar-refractivity contribution >= 4 is 11.8 Å². The Labute approximate surface area is 154 Å². The van der Waals surface area contributed by atoms with E-state index in [1.165, 1.54) is 0 Å². The fraction of sp³-hybridized carbons (Fsp3) is 0.200. The zero-order valence-corrected chi connectivity index (χ0v) is 14.5. The second-order valence-electron chi connectivity index (χ2n) is 6.70. The molecule has 0 fully saturated rings. The zero-order chi connectivity index (χ0) is 18.6. The van der Waals surface area contributed by atoms with Gasteiger partial charge in [0.05, 0.1) is 24.4 Å². The molecule has 0 amide bonds. The Kier molecular flexibility index (Phi) is 3.21. The highest BCUT2D eigenvalue weighted by atomic mass is 16.6. The van der Waals surface area contributed by atoms with Gasteiger partial charge < -0.3 is 19.9 Å². The summed E-state index contributed by atoms with van der Waals surface area (Å²) in [5.41, 5.74) is 1.31. The molecule has 7 nitrogen and oxygen atoms in total. The summed E-state index contributed by atoms with van der Waals surface area (Å²) in [6.07, 6.45) is 0.259. The molecule has 2 bridgehead atoms. The third kappa shape index (κ3) is 2.08. The summed E-state index contributed by atoms with van der Waals surface area (Å²) < 4.78 is 11.6. The van der Waals surface area contributed by atoms with Crippen LogP contribution in [0.4, 0.5) is 5.82 Å². The van der Waals surface area contributed by atoms with Gasteiger partial charge in [0.25, 0.3) is 0 Å². The topological polar surface area (TPSA) is 96.5 Å². The average molecular weight is 363 g/mol. The Morgan fingerprint density at radius 2 is 2.07 bits per heavy atom. The van der Waals surface area contributed by atoms with E-state index in [1.807, 2.05) is 42.5 Å². The number of rotatable bonds is 3. The molecule has 3 N–H and O–H groups in total.